The Kier molecular flexibility index (Phi) is 5.60. The van der Waals surface area contributed by atoms with E-state index in [9.17, 15) is 4.79 Å². The van der Waals surface area contributed by atoms with Gasteiger partial charge in [0.05, 0.1) is 6.10 Å². The highest BCUT2D eigenvalue weighted by Crippen LogP contribution is 2.13. The molecule has 5 nitrogen and oxygen atoms in total. The van der Waals surface area contributed by atoms with Crippen LogP contribution in [0.3, 0.4) is 0 Å². The Labute approximate surface area is 90.9 Å². The Morgan fingerprint density at radius 3 is 3.13 bits per heavy atom. The second-order valence-electron chi connectivity index (χ2n) is 3.84. The quantitative estimate of drug-likeness (QED) is 0.381. The van der Waals surface area contributed by atoms with E-state index in [0.717, 1.165) is 39.1 Å². The van der Waals surface area contributed by atoms with Crippen LogP contribution < -0.4 is 11.3 Å². The van der Waals surface area contributed by atoms with Gasteiger partial charge in [-0.05, 0) is 26.3 Å². The van der Waals surface area contributed by atoms with Crippen molar-refractivity contribution in [3.8, 4) is 0 Å². The number of carbonyl (C=O) groups is 1. The number of carbonyl (C=O) groups excluding carboxylic acids is 1. The summed E-state index contributed by atoms with van der Waals surface area (Å²) in [6.45, 7) is 5.54. The SMILES string of the molecule is CCOC1CCCN(CCC(=O)NN)C1. The molecule has 1 amide bonds. The van der Waals surface area contributed by atoms with E-state index in [-0.39, 0.29) is 5.91 Å². The van der Waals surface area contributed by atoms with Crippen molar-refractivity contribution in [2.24, 2.45) is 5.84 Å². The van der Waals surface area contributed by atoms with Crippen LogP contribution >= 0.6 is 0 Å². The Balaban J connectivity index is 2.21. The van der Waals surface area contributed by atoms with Gasteiger partial charge in [0.25, 0.3) is 0 Å². The predicted molar refractivity (Wildman–Crippen MR) is 58.0 cm³/mol. The largest absolute Gasteiger partial charge is 0.377 e. The van der Waals surface area contributed by atoms with E-state index in [2.05, 4.69) is 10.3 Å². The lowest BCUT2D eigenvalue weighted by atomic mass is 10.1. The maximum absolute atomic E-state index is 11.0. The van der Waals surface area contributed by atoms with Crippen LogP contribution in [0.4, 0.5) is 0 Å². The minimum absolute atomic E-state index is 0.103. The number of amides is 1. The average molecular weight is 215 g/mol. The lowest BCUT2D eigenvalue weighted by Crippen LogP contribution is -2.42. The van der Waals surface area contributed by atoms with Gasteiger partial charge in [0.1, 0.15) is 0 Å². The van der Waals surface area contributed by atoms with Crippen molar-refractivity contribution in [3.05, 3.63) is 0 Å². The molecule has 5 heteroatoms. The zero-order valence-electron chi connectivity index (χ0n) is 9.37. The van der Waals surface area contributed by atoms with Gasteiger partial charge < -0.3 is 9.64 Å². The van der Waals surface area contributed by atoms with Crippen molar-refractivity contribution in [2.75, 3.05) is 26.2 Å². The van der Waals surface area contributed by atoms with Gasteiger partial charge in [-0.1, -0.05) is 0 Å². The monoisotopic (exact) mass is 215 g/mol. The Bertz CT molecular complexity index is 197. The Morgan fingerprint density at radius 1 is 1.67 bits per heavy atom. The van der Waals surface area contributed by atoms with E-state index < -0.39 is 0 Å². The van der Waals surface area contributed by atoms with Gasteiger partial charge in [-0.25, -0.2) is 5.84 Å². The molecule has 1 fully saturated rings. The molecule has 0 spiro atoms. The van der Waals surface area contributed by atoms with Crippen LogP contribution in [0.2, 0.25) is 0 Å². The number of nitrogens with one attached hydrogen (secondary N) is 1. The number of hydrogen-bond donors (Lipinski definition) is 2. The van der Waals surface area contributed by atoms with Gasteiger partial charge in [-0.3, -0.25) is 10.2 Å². The van der Waals surface area contributed by atoms with E-state index in [4.69, 9.17) is 10.6 Å². The van der Waals surface area contributed by atoms with Gasteiger partial charge in [0.2, 0.25) is 5.91 Å². The van der Waals surface area contributed by atoms with Gasteiger partial charge in [0, 0.05) is 26.1 Å². The molecule has 0 bridgehead atoms. The molecule has 0 aromatic heterocycles. The number of ether oxygens (including phenoxy) is 1. The number of likely N-dealkylation sites (tertiary alicyclic amines) is 1. The molecule has 0 saturated carbocycles. The molecule has 1 heterocycles. The second kappa shape index (κ2) is 6.76. The first-order valence-corrected chi connectivity index (χ1v) is 5.59. The zero-order valence-corrected chi connectivity index (χ0v) is 9.37. The minimum Gasteiger partial charge on any atom is -0.377 e. The van der Waals surface area contributed by atoms with E-state index in [1.54, 1.807) is 0 Å². The summed E-state index contributed by atoms with van der Waals surface area (Å²) in [7, 11) is 0. The highest BCUT2D eigenvalue weighted by Gasteiger charge is 2.19. The fourth-order valence-corrected chi connectivity index (χ4v) is 1.92. The molecular formula is C10H21N3O2. The molecule has 3 N–H and O–H groups in total. The maximum atomic E-state index is 11.0. The number of piperidine rings is 1. The summed E-state index contributed by atoms with van der Waals surface area (Å²) < 4.78 is 5.58. The molecule has 15 heavy (non-hydrogen) atoms. The van der Waals surface area contributed by atoms with Crippen LogP contribution in [-0.4, -0.2) is 43.2 Å². The summed E-state index contributed by atoms with van der Waals surface area (Å²) >= 11 is 0. The molecule has 1 atom stereocenters. The molecule has 1 unspecified atom stereocenters. The number of hydrogen-bond acceptors (Lipinski definition) is 4. The third-order valence-corrected chi connectivity index (χ3v) is 2.68. The van der Waals surface area contributed by atoms with Crippen molar-refractivity contribution in [3.63, 3.8) is 0 Å². The molecule has 0 aromatic carbocycles. The van der Waals surface area contributed by atoms with E-state index in [0.29, 0.717) is 12.5 Å². The Morgan fingerprint density at radius 2 is 2.47 bits per heavy atom. The van der Waals surface area contributed by atoms with Gasteiger partial charge in [0.15, 0.2) is 0 Å². The predicted octanol–water partition coefficient (Wildman–Crippen LogP) is -0.133. The van der Waals surface area contributed by atoms with Crippen LogP contribution in [0.15, 0.2) is 0 Å². The number of hydrazine groups is 1. The van der Waals surface area contributed by atoms with Crippen molar-refractivity contribution in [1.82, 2.24) is 10.3 Å². The molecule has 1 aliphatic heterocycles. The standard InChI is InChI=1S/C10H21N3O2/c1-2-15-9-4-3-6-13(8-9)7-5-10(14)12-11/h9H,2-8,11H2,1H3,(H,12,14). The molecule has 0 aromatic rings. The number of nitrogens with zero attached hydrogens (tertiary/aromatic N) is 1. The van der Waals surface area contributed by atoms with Crippen LogP contribution in [-0.2, 0) is 9.53 Å². The topological polar surface area (TPSA) is 67.6 Å². The molecule has 0 aliphatic carbocycles. The molecule has 1 rings (SSSR count). The van der Waals surface area contributed by atoms with Gasteiger partial charge in [-0.15, -0.1) is 0 Å². The second-order valence-corrected chi connectivity index (χ2v) is 3.84. The summed E-state index contributed by atoms with van der Waals surface area (Å²) in [5.41, 5.74) is 2.14. The molecule has 88 valence electrons. The fourth-order valence-electron chi connectivity index (χ4n) is 1.92. The third kappa shape index (κ3) is 4.59. The van der Waals surface area contributed by atoms with Crippen molar-refractivity contribution in [1.29, 1.82) is 0 Å². The summed E-state index contributed by atoms with van der Waals surface area (Å²) in [6.07, 6.45) is 3.09. The molecular weight excluding hydrogens is 194 g/mol. The third-order valence-electron chi connectivity index (χ3n) is 2.68. The molecule has 1 aliphatic rings. The van der Waals surface area contributed by atoms with Crippen molar-refractivity contribution in [2.45, 2.75) is 32.3 Å². The summed E-state index contributed by atoms with van der Waals surface area (Å²) in [4.78, 5) is 13.2. The maximum Gasteiger partial charge on any atom is 0.235 e. The van der Waals surface area contributed by atoms with E-state index >= 15 is 0 Å². The lowest BCUT2D eigenvalue weighted by molar-refractivity contribution is -0.121. The van der Waals surface area contributed by atoms with E-state index in [1.807, 2.05) is 6.92 Å². The summed E-state index contributed by atoms with van der Waals surface area (Å²) in [5, 5.41) is 0. The van der Waals surface area contributed by atoms with Crippen molar-refractivity contribution < 1.29 is 9.53 Å². The first-order valence-electron chi connectivity index (χ1n) is 5.59. The minimum atomic E-state index is -0.103. The van der Waals surface area contributed by atoms with Crippen LogP contribution in [0.25, 0.3) is 0 Å². The first kappa shape index (κ1) is 12.4. The highest BCUT2D eigenvalue weighted by molar-refractivity contribution is 5.75. The molecule has 1 saturated heterocycles. The normalized spacial score (nSPS) is 22.7. The number of nitrogens with two attached hydrogens (primary N) is 1. The summed E-state index contributed by atoms with van der Waals surface area (Å²) in [5.74, 6) is 4.92. The zero-order chi connectivity index (χ0) is 11.1. The van der Waals surface area contributed by atoms with Gasteiger partial charge in [-0.2, -0.15) is 0 Å². The lowest BCUT2D eigenvalue weighted by Gasteiger charge is -2.32. The van der Waals surface area contributed by atoms with E-state index in [1.165, 1.54) is 0 Å². The summed E-state index contributed by atoms with van der Waals surface area (Å²) in [6, 6.07) is 0. The first-order chi connectivity index (χ1) is 7.26. The number of rotatable bonds is 5. The average Bonchev–Trinajstić information content (AvgIpc) is 2.27. The van der Waals surface area contributed by atoms with Crippen LogP contribution in [0, 0.1) is 0 Å². The smallest absolute Gasteiger partial charge is 0.235 e. The highest BCUT2D eigenvalue weighted by atomic mass is 16.5. The fraction of sp³-hybridized carbons (Fsp3) is 0.900. The Hall–Kier alpha value is -0.650. The van der Waals surface area contributed by atoms with Gasteiger partial charge >= 0.3 is 0 Å². The van der Waals surface area contributed by atoms with Crippen LogP contribution in [0.5, 0.6) is 0 Å². The van der Waals surface area contributed by atoms with Crippen LogP contribution in [0.1, 0.15) is 26.2 Å². The molecule has 0 radical (unpaired) electrons. The van der Waals surface area contributed by atoms with Crippen molar-refractivity contribution >= 4 is 5.91 Å².